The summed E-state index contributed by atoms with van der Waals surface area (Å²) in [6, 6.07) is 9.64. The molecule has 0 saturated heterocycles. The van der Waals surface area contributed by atoms with Gasteiger partial charge < -0.3 is 9.84 Å². The second-order valence-electron chi connectivity index (χ2n) is 4.76. The van der Waals surface area contributed by atoms with Gasteiger partial charge >= 0.3 is 0 Å². The zero-order valence-corrected chi connectivity index (χ0v) is 10.7. The summed E-state index contributed by atoms with van der Waals surface area (Å²) in [6.45, 7) is -0.105. The molecular weight excluding hydrogens is 240 g/mol. The fourth-order valence-corrected chi connectivity index (χ4v) is 2.38. The molecule has 1 N–H and O–H groups in total. The lowest BCUT2D eigenvalue weighted by Gasteiger charge is -2.16. The Balaban J connectivity index is 1.78. The molecule has 0 spiro atoms. The van der Waals surface area contributed by atoms with Crippen molar-refractivity contribution in [3.8, 4) is 11.6 Å². The monoisotopic (exact) mass is 256 g/mol. The largest absolute Gasteiger partial charge is 0.438 e. The third kappa shape index (κ3) is 2.74. The van der Waals surface area contributed by atoms with Crippen molar-refractivity contribution in [2.24, 2.45) is 0 Å². The minimum Gasteiger partial charge on any atom is -0.438 e. The van der Waals surface area contributed by atoms with Gasteiger partial charge in [0, 0.05) is 6.07 Å². The first-order valence-electron chi connectivity index (χ1n) is 6.58. The van der Waals surface area contributed by atoms with Crippen molar-refractivity contribution in [1.29, 1.82) is 0 Å². The predicted octanol–water partition coefficient (Wildman–Crippen LogP) is 2.64. The standard InChI is InChI=1S/C15H16N2O2/c18-10-13-6-8-15(17-16-13)19-14-7-5-11-3-1-2-4-12(11)9-14/h5-9,18H,1-4,10H2. The minimum atomic E-state index is -0.105. The van der Waals surface area contributed by atoms with Crippen molar-refractivity contribution in [2.45, 2.75) is 32.3 Å². The molecule has 1 aromatic heterocycles. The lowest BCUT2D eigenvalue weighted by atomic mass is 9.92. The average Bonchev–Trinajstić information content (AvgIpc) is 2.48. The maximum Gasteiger partial charge on any atom is 0.238 e. The Labute approximate surface area is 112 Å². The van der Waals surface area contributed by atoms with Crippen LogP contribution in [0.25, 0.3) is 0 Å². The van der Waals surface area contributed by atoms with Crippen molar-refractivity contribution >= 4 is 0 Å². The molecule has 1 aromatic carbocycles. The second kappa shape index (κ2) is 5.36. The zero-order valence-electron chi connectivity index (χ0n) is 10.7. The van der Waals surface area contributed by atoms with Crippen molar-refractivity contribution < 1.29 is 9.84 Å². The SMILES string of the molecule is OCc1ccc(Oc2ccc3c(c2)CCCC3)nn1. The summed E-state index contributed by atoms with van der Waals surface area (Å²) in [4.78, 5) is 0. The molecular formula is C15H16N2O2. The fraction of sp³-hybridized carbons (Fsp3) is 0.333. The molecule has 0 radical (unpaired) electrons. The maximum absolute atomic E-state index is 8.91. The summed E-state index contributed by atoms with van der Waals surface area (Å²) >= 11 is 0. The van der Waals surface area contributed by atoms with Crippen LogP contribution >= 0.6 is 0 Å². The van der Waals surface area contributed by atoms with Crippen LogP contribution in [0, 0.1) is 0 Å². The number of hydrogen-bond donors (Lipinski definition) is 1. The second-order valence-corrected chi connectivity index (χ2v) is 4.76. The molecule has 0 atom stereocenters. The molecule has 1 aliphatic carbocycles. The number of aryl methyl sites for hydroxylation is 2. The molecule has 19 heavy (non-hydrogen) atoms. The van der Waals surface area contributed by atoms with Crippen LogP contribution in [-0.4, -0.2) is 15.3 Å². The topological polar surface area (TPSA) is 55.2 Å². The van der Waals surface area contributed by atoms with Crippen LogP contribution < -0.4 is 4.74 Å². The Kier molecular flexibility index (Phi) is 3.42. The number of fused-ring (bicyclic) bond motifs is 1. The molecule has 2 aromatic rings. The molecule has 0 aliphatic heterocycles. The van der Waals surface area contributed by atoms with Gasteiger partial charge in [-0.1, -0.05) is 6.07 Å². The predicted molar refractivity (Wildman–Crippen MR) is 71.1 cm³/mol. The quantitative estimate of drug-likeness (QED) is 0.917. The Hall–Kier alpha value is -1.94. The first-order valence-corrected chi connectivity index (χ1v) is 6.58. The molecule has 4 nitrogen and oxygen atoms in total. The highest BCUT2D eigenvalue weighted by Gasteiger charge is 2.10. The maximum atomic E-state index is 8.91. The molecule has 0 bridgehead atoms. The van der Waals surface area contributed by atoms with Crippen molar-refractivity contribution in [3.63, 3.8) is 0 Å². The Morgan fingerprint density at radius 1 is 1.00 bits per heavy atom. The van der Waals surface area contributed by atoms with Crippen LogP contribution in [0.15, 0.2) is 30.3 Å². The number of nitrogens with zero attached hydrogens (tertiary/aromatic N) is 2. The molecule has 0 fully saturated rings. The van der Waals surface area contributed by atoms with E-state index in [0.29, 0.717) is 11.6 Å². The molecule has 0 amide bonds. The summed E-state index contributed by atoms with van der Waals surface area (Å²) in [7, 11) is 0. The highest BCUT2D eigenvalue weighted by atomic mass is 16.5. The molecule has 1 aliphatic rings. The van der Waals surface area contributed by atoms with Gasteiger partial charge in [-0.3, -0.25) is 0 Å². The van der Waals surface area contributed by atoms with E-state index < -0.39 is 0 Å². The first kappa shape index (κ1) is 12.1. The number of ether oxygens (including phenoxy) is 1. The van der Waals surface area contributed by atoms with Crippen LogP contribution in [0.5, 0.6) is 11.6 Å². The van der Waals surface area contributed by atoms with Crippen molar-refractivity contribution in [3.05, 3.63) is 47.2 Å². The highest BCUT2D eigenvalue weighted by molar-refractivity contribution is 5.38. The molecule has 98 valence electrons. The van der Waals surface area contributed by atoms with Crippen LogP contribution in [0.2, 0.25) is 0 Å². The molecule has 0 saturated carbocycles. The van der Waals surface area contributed by atoms with E-state index in [1.165, 1.54) is 30.4 Å². The van der Waals surface area contributed by atoms with Crippen molar-refractivity contribution in [1.82, 2.24) is 10.2 Å². The van der Waals surface area contributed by atoms with Gasteiger partial charge in [0.05, 0.1) is 12.3 Å². The summed E-state index contributed by atoms with van der Waals surface area (Å²) in [6.07, 6.45) is 4.82. The van der Waals surface area contributed by atoms with E-state index in [2.05, 4.69) is 22.3 Å². The fourth-order valence-electron chi connectivity index (χ4n) is 2.38. The lowest BCUT2D eigenvalue weighted by Crippen LogP contribution is -2.02. The summed E-state index contributed by atoms with van der Waals surface area (Å²) in [5.74, 6) is 1.25. The lowest BCUT2D eigenvalue weighted by molar-refractivity contribution is 0.274. The number of rotatable bonds is 3. The molecule has 4 heteroatoms. The van der Waals surface area contributed by atoms with E-state index in [0.717, 1.165) is 12.2 Å². The van der Waals surface area contributed by atoms with Gasteiger partial charge in [0.15, 0.2) is 0 Å². The number of hydrogen-bond acceptors (Lipinski definition) is 4. The number of aromatic nitrogens is 2. The number of aliphatic hydroxyl groups excluding tert-OH is 1. The summed E-state index contributed by atoms with van der Waals surface area (Å²) in [5.41, 5.74) is 3.35. The Morgan fingerprint density at radius 3 is 2.58 bits per heavy atom. The third-order valence-electron chi connectivity index (χ3n) is 3.40. The van der Waals surface area contributed by atoms with Gasteiger partial charge in [-0.05, 0) is 55.0 Å². The zero-order chi connectivity index (χ0) is 13.1. The Bertz CT molecular complexity index is 567. The normalized spacial score (nSPS) is 13.9. The molecule has 0 unspecified atom stereocenters. The van der Waals surface area contributed by atoms with Crippen LogP contribution in [0.1, 0.15) is 29.7 Å². The van der Waals surface area contributed by atoms with E-state index >= 15 is 0 Å². The van der Waals surface area contributed by atoms with Crippen LogP contribution in [0.4, 0.5) is 0 Å². The van der Waals surface area contributed by atoms with E-state index in [4.69, 9.17) is 9.84 Å². The minimum absolute atomic E-state index is 0.105. The Morgan fingerprint density at radius 2 is 1.84 bits per heavy atom. The van der Waals surface area contributed by atoms with Gasteiger partial charge in [-0.25, -0.2) is 0 Å². The number of aliphatic hydroxyl groups is 1. The summed E-state index contributed by atoms with van der Waals surface area (Å²) < 4.78 is 5.69. The van der Waals surface area contributed by atoms with Crippen LogP contribution in [0.3, 0.4) is 0 Å². The van der Waals surface area contributed by atoms with Gasteiger partial charge in [-0.15, -0.1) is 10.2 Å². The molecule has 1 heterocycles. The van der Waals surface area contributed by atoms with Gasteiger partial charge in [0.25, 0.3) is 0 Å². The number of benzene rings is 1. The third-order valence-corrected chi connectivity index (χ3v) is 3.40. The van der Waals surface area contributed by atoms with E-state index in [1.807, 2.05) is 6.07 Å². The van der Waals surface area contributed by atoms with E-state index in [9.17, 15) is 0 Å². The van der Waals surface area contributed by atoms with E-state index in [1.54, 1.807) is 12.1 Å². The van der Waals surface area contributed by atoms with Gasteiger partial charge in [0.2, 0.25) is 5.88 Å². The van der Waals surface area contributed by atoms with Gasteiger partial charge in [0.1, 0.15) is 5.75 Å². The highest BCUT2D eigenvalue weighted by Crippen LogP contribution is 2.27. The van der Waals surface area contributed by atoms with Gasteiger partial charge in [-0.2, -0.15) is 0 Å². The average molecular weight is 256 g/mol. The smallest absolute Gasteiger partial charge is 0.238 e. The summed E-state index contributed by atoms with van der Waals surface area (Å²) in [5, 5.41) is 16.7. The van der Waals surface area contributed by atoms with E-state index in [-0.39, 0.29) is 6.61 Å². The van der Waals surface area contributed by atoms with Crippen LogP contribution in [-0.2, 0) is 19.4 Å². The molecule has 3 rings (SSSR count). The van der Waals surface area contributed by atoms with Crippen molar-refractivity contribution in [2.75, 3.05) is 0 Å². The first-order chi connectivity index (χ1) is 9.35.